The zero-order chi connectivity index (χ0) is 18.7. The summed E-state index contributed by atoms with van der Waals surface area (Å²) in [4.78, 5) is 14.4. The van der Waals surface area contributed by atoms with E-state index in [0.29, 0.717) is 17.2 Å². The number of hydrogen-bond donors (Lipinski definition) is 0. The molecule has 0 aliphatic carbocycles. The molecule has 2 aromatic rings. The van der Waals surface area contributed by atoms with Gasteiger partial charge in [-0.2, -0.15) is 8.42 Å². The van der Waals surface area contributed by atoms with E-state index < -0.39 is 10.0 Å². The van der Waals surface area contributed by atoms with Crippen molar-refractivity contribution in [3.05, 3.63) is 52.2 Å². The lowest BCUT2D eigenvalue weighted by molar-refractivity contribution is -0.122. The van der Waals surface area contributed by atoms with Crippen LogP contribution < -0.4 is 4.74 Å². The Bertz CT molecular complexity index is 979. The first-order valence-corrected chi connectivity index (χ1v) is 10.8. The van der Waals surface area contributed by atoms with Gasteiger partial charge in [-0.3, -0.25) is 9.69 Å². The van der Waals surface area contributed by atoms with Crippen LogP contribution in [-0.2, 0) is 14.8 Å². The Hall–Kier alpha value is -2.10. The second kappa shape index (κ2) is 7.65. The average Bonchev–Trinajstić information content (AvgIpc) is 3.25. The van der Waals surface area contributed by atoms with Crippen LogP contribution in [0.3, 0.4) is 0 Å². The van der Waals surface area contributed by atoms with Gasteiger partial charge in [-0.05, 0) is 53.9 Å². The number of carbonyl (C=O) groups is 1. The highest BCUT2D eigenvalue weighted by molar-refractivity contribution is 8.19. The average molecular weight is 409 g/mol. The number of thioether (sulfide) groups is 1. The van der Waals surface area contributed by atoms with E-state index in [0.717, 1.165) is 28.7 Å². The standard InChI is InChI=1S/C17H16N2O4S3/c1-3-19-16(20)14(11-12-6-4-7-13(10-12)23-2)25-17(19)18-26(21,22)15-8-5-9-24-15/h4-11H,3H2,1-2H3/b14-11-,18-17+. The second-order valence-electron chi connectivity index (χ2n) is 5.22. The number of hydrogen-bond acceptors (Lipinski definition) is 6. The zero-order valence-corrected chi connectivity index (χ0v) is 16.5. The predicted octanol–water partition coefficient (Wildman–Crippen LogP) is 3.44. The van der Waals surface area contributed by atoms with Gasteiger partial charge >= 0.3 is 0 Å². The number of thiophene rings is 1. The van der Waals surface area contributed by atoms with Crippen LogP contribution in [0.1, 0.15) is 12.5 Å². The maximum atomic E-state index is 12.6. The summed E-state index contributed by atoms with van der Waals surface area (Å²) in [5, 5.41) is 1.84. The smallest absolute Gasteiger partial charge is 0.294 e. The third-order valence-electron chi connectivity index (χ3n) is 3.54. The monoisotopic (exact) mass is 408 g/mol. The van der Waals surface area contributed by atoms with Crippen molar-refractivity contribution in [1.82, 2.24) is 4.90 Å². The topological polar surface area (TPSA) is 76.0 Å². The number of benzene rings is 1. The molecule has 0 saturated carbocycles. The van der Waals surface area contributed by atoms with Gasteiger partial charge in [-0.25, -0.2) is 0 Å². The minimum absolute atomic E-state index is 0.152. The molecule has 1 aromatic carbocycles. The van der Waals surface area contributed by atoms with E-state index in [1.54, 1.807) is 37.6 Å². The Labute approximate surface area is 160 Å². The molecule has 0 unspecified atom stereocenters. The van der Waals surface area contributed by atoms with Crippen LogP contribution in [0.4, 0.5) is 0 Å². The number of amidine groups is 1. The molecular weight excluding hydrogens is 392 g/mol. The number of nitrogens with zero attached hydrogens (tertiary/aromatic N) is 2. The first-order valence-electron chi connectivity index (χ1n) is 7.68. The Balaban J connectivity index is 1.96. The van der Waals surface area contributed by atoms with Crippen molar-refractivity contribution in [2.75, 3.05) is 13.7 Å². The largest absolute Gasteiger partial charge is 0.497 e. The lowest BCUT2D eigenvalue weighted by atomic mass is 10.2. The molecule has 3 rings (SSSR count). The molecule has 1 aliphatic heterocycles. The normalized spacial score (nSPS) is 18.1. The van der Waals surface area contributed by atoms with E-state index in [4.69, 9.17) is 4.74 Å². The van der Waals surface area contributed by atoms with Crippen molar-refractivity contribution >= 4 is 50.3 Å². The lowest BCUT2D eigenvalue weighted by Crippen LogP contribution is -2.29. The molecule has 136 valence electrons. The van der Waals surface area contributed by atoms with Crippen LogP contribution in [0.5, 0.6) is 5.75 Å². The van der Waals surface area contributed by atoms with Crippen LogP contribution in [0.15, 0.2) is 55.3 Å². The molecule has 0 bridgehead atoms. The fourth-order valence-corrected chi connectivity index (χ4v) is 5.51. The minimum Gasteiger partial charge on any atom is -0.497 e. The number of amides is 1. The molecule has 0 atom stereocenters. The van der Waals surface area contributed by atoms with Gasteiger partial charge in [0.2, 0.25) is 0 Å². The summed E-state index contributed by atoms with van der Waals surface area (Å²) in [7, 11) is -2.26. The van der Waals surface area contributed by atoms with E-state index in [9.17, 15) is 13.2 Å². The predicted molar refractivity (Wildman–Crippen MR) is 105 cm³/mol. The van der Waals surface area contributed by atoms with Gasteiger partial charge in [-0.1, -0.05) is 18.2 Å². The van der Waals surface area contributed by atoms with E-state index >= 15 is 0 Å². The summed E-state index contributed by atoms with van der Waals surface area (Å²) in [6, 6.07) is 10.4. The fraction of sp³-hybridized carbons (Fsp3) is 0.176. The van der Waals surface area contributed by atoms with E-state index in [-0.39, 0.29) is 15.3 Å². The number of sulfonamides is 1. The van der Waals surface area contributed by atoms with Crippen molar-refractivity contribution in [3.8, 4) is 5.75 Å². The number of likely N-dealkylation sites (N-methyl/N-ethyl adjacent to an activating group) is 1. The molecule has 1 aliphatic rings. The summed E-state index contributed by atoms with van der Waals surface area (Å²) in [5.41, 5.74) is 0.790. The molecule has 6 nitrogen and oxygen atoms in total. The molecule has 1 saturated heterocycles. The fourth-order valence-electron chi connectivity index (χ4n) is 2.30. The van der Waals surface area contributed by atoms with Gasteiger partial charge in [0.1, 0.15) is 9.96 Å². The van der Waals surface area contributed by atoms with Crippen molar-refractivity contribution < 1.29 is 17.9 Å². The zero-order valence-electron chi connectivity index (χ0n) is 14.1. The van der Waals surface area contributed by atoms with Gasteiger partial charge in [0.15, 0.2) is 5.17 Å². The van der Waals surface area contributed by atoms with E-state index in [2.05, 4.69) is 4.40 Å². The Morgan fingerprint density at radius 2 is 2.08 bits per heavy atom. The van der Waals surface area contributed by atoms with Crippen molar-refractivity contribution in [1.29, 1.82) is 0 Å². The van der Waals surface area contributed by atoms with Gasteiger partial charge in [0.05, 0.1) is 12.0 Å². The Morgan fingerprint density at radius 3 is 2.73 bits per heavy atom. The first-order chi connectivity index (χ1) is 12.4. The van der Waals surface area contributed by atoms with Crippen molar-refractivity contribution in [2.24, 2.45) is 4.40 Å². The quantitative estimate of drug-likeness (QED) is 0.709. The summed E-state index contributed by atoms with van der Waals surface area (Å²) >= 11 is 2.15. The molecule has 1 fully saturated rings. The summed E-state index contributed by atoms with van der Waals surface area (Å²) < 4.78 is 34.0. The highest BCUT2D eigenvalue weighted by Gasteiger charge is 2.34. The van der Waals surface area contributed by atoms with Crippen LogP contribution in [0.2, 0.25) is 0 Å². The highest BCUT2D eigenvalue weighted by atomic mass is 32.2. The molecule has 0 radical (unpaired) electrons. The summed E-state index contributed by atoms with van der Waals surface area (Å²) in [6.07, 6.45) is 1.71. The van der Waals surface area contributed by atoms with Crippen LogP contribution in [0, 0.1) is 0 Å². The highest BCUT2D eigenvalue weighted by Crippen LogP contribution is 2.34. The van der Waals surface area contributed by atoms with Gasteiger partial charge < -0.3 is 4.74 Å². The summed E-state index contributed by atoms with van der Waals surface area (Å²) in [5.74, 6) is 0.414. The molecule has 0 spiro atoms. The summed E-state index contributed by atoms with van der Waals surface area (Å²) in [6.45, 7) is 2.11. The second-order valence-corrected chi connectivity index (χ2v) is 9.01. The maximum Gasteiger partial charge on any atom is 0.294 e. The van der Waals surface area contributed by atoms with Gasteiger partial charge in [-0.15, -0.1) is 15.7 Å². The van der Waals surface area contributed by atoms with E-state index in [1.807, 2.05) is 18.2 Å². The van der Waals surface area contributed by atoms with Crippen molar-refractivity contribution in [2.45, 2.75) is 11.1 Å². The number of carbonyl (C=O) groups excluding carboxylic acids is 1. The third-order valence-corrected chi connectivity index (χ3v) is 7.31. The Morgan fingerprint density at radius 1 is 1.27 bits per heavy atom. The number of methoxy groups -OCH3 is 1. The van der Waals surface area contributed by atoms with Crippen molar-refractivity contribution in [3.63, 3.8) is 0 Å². The van der Waals surface area contributed by atoms with Crippen LogP contribution in [0.25, 0.3) is 6.08 Å². The maximum absolute atomic E-state index is 12.6. The Kier molecular flexibility index (Phi) is 5.49. The number of rotatable bonds is 5. The molecule has 1 aromatic heterocycles. The molecule has 9 heteroatoms. The number of ether oxygens (including phenoxy) is 1. The molecule has 0 N–H and O–H groups in total. The third kappa shape index (κ3) is 3.84. The first kappa shape index (κ1) is 18.7. The van der Waals surface area contributed by atoms with Crippen LogP contribution in [-0.4, -0.2) is 38.0 Å². The van der Waals surface area contributed by atoms with E-state index in [1.165, 1.54) is 11.0 Å². The SMILES string of the molecule is CCN1C(=O)/C(=C/c2cccc(OC)c2)S/C1=N/S(=O)(=O)c1cccs1. The molecule has 1 amide bonds. The molecular formula is C17H16N2O4S3. The van der Waals surface area contributed by atoms with Gasteiger partial charge in [0, 0.05) is 6.54 Å². The van der Waals surface area contributed by atoms with Gasteiger partial charge in [0.25, 0.3) is 15.9 Å². The van der Waals surface area contributed by atoms with Crippen LogP contribution >= 0.6 is 23.1 Å². The molecule has 26 heavy (non-hydrogen) atoms. The lowest BCUT2D eigenvalue weighted by Gasteiger charge is -2.11. The molecule has 2 heterocycles. The minimum atomic E-state index is -3.83.